The maximum absolute atomic E-state index is 11.6. The molecule has 0 N–H and O–H groups in total. The molecule has 0 bridgehead atoms. The fourth-order valence-corrected chi connectivity index (χ4v) is 3.16. The van der Waals surface area contributed by atoms with Crippen LogP contribution in [0.4, 0.5) is 0 Å². The van der Waals surface area contributed by atoms with Crippen LogP contribution < -0.4 is 0 Å². The summed E-state index contributed by atoms with van der Waals surface area (Å²) in [7, 11) is -3.15. The van der Waals surface area contributed by atoms with Gasteiger partial charge < -0.3 is 0 Å². The summed E-state index contributed by atoms with van der Waals surface area (Å²) in [6, 6.07) is 10.9. The fraction of sp³-hybridized carbons (Fsp3) is 0.0909. The Hall–Kier alpha value is -1.13. The number of rotatable bonds is 2. The highest BCUT2D eigenvalue weighted by atomic mass is 32.2. The first-order valence-electron chi connectivity index (χ1n) is 4.42. The SMILES string of the molecule is CS(=O)(=O)c1ccccc1-c1cccs1. The van der Waals surface area contributed by atoms with Gasteiger partial charge in [0, 0.05) is 16.7 Å². The molecule has 78 valence electrons. The second-order valence-electron chi connectivity index (χ2n) is 3.25. The zero-order valence-corrected chi connectivity index (χ0v) is 9.81. The van der Waals surface area contributed by atoms with Gasteiger partial charge in [0.05, 0.1) is 4.90 Å². The number of thiophene rings is 1. The topological polar surface area (TPSA) is 34.1 Å². The van der Waals surface area contributed by atoms with Gasteiger partial charge in [-0.25, -0.2) is 8.42 Å². The number of sulfone groups is 1. The summed E-state index contributed by atoms with van der Waals surface area (Å²) in [4.78, 5) is 1.38. The molecule has 1 aromatic carbocycles. The molecule has 0 saturated carbocycles. The summed E-state index contributed by atoms with van der Waals surface area (Å²) >= 11 is 1.54. The third-order valence-electron chi connectivity index (χ3n) is 2.07. The van der Waals surface area contributed by atoms with Crippen molar-refractivity contribution in [2.24, 2.45) is 0 Å². The summed E-state index contributed by atoms with van der Waals surface area (Å²) in [5.41, 5.74) is 0.787. The second-order valence-corrected chi connectivity index (χ2v) is 6.18. The minimum absolute atomic E-state index is 0.396. The van der Waals surface area contributed by atoms with E-state index in [0.717, 1.165) is 10.4 Å². The molecule has 2 nitrogen and oxygen atoms in total. The van der Waals surface area contributed by atoms with Crippen molar-refractivity contribution in [1.82, 2.24) is 0 Å². The van der Waals surface area contributed by atoms with E-state index in [1.807, 2.05) is 29.6 Å². The molecule has 0 aliphatic carbocycles. The first-order chi connectivity index (χ1) is 7.09. The first kappa shape index (κ1) is 10.4. The number of hydrogen-bond acceptors (Lipinski definition) is 3. The molecule has 0 spiro atoms. The summed E-state index contributed by atoms with van der Waals surface area (Å²) in [6.07, 6.45) is 1.24. The van der Waals surface area contributed by atoms with Crippen molar-refractivity contribution in [2.75, 3.05) is 6.26 Å². The van der Waals surface area contributed by atoms with Gasteiger partial charge in [-0.05, 0) is 17.5 Å². The lowest BCUT2D eigenvalue weighted by Crippen LogP contribution is -1.98. The van der Waals surface area contributed by atoms with Gasteiger partial charge in [-0.1, -0.05) is 24.3 Å². The highest BCUT2D eigenvalue weighted by Gasteiger charge is 2.13. The van der Waals surface area contributed by atoms with Crippen molar-refractivity contribution in [1.29, 1.82) is 0 Å². The van der Waals surface area contributed by atoms with Crippen LogP contribution in [-0.2, 0) is 9.84 Å². The number of benzene rings is 1. The van der Waals surface area contributed by atoms with Gasteiger partial charge in [-0.2, -0.15) is 0 Å². The summed E-state index contributed by atoms with van der Waals surface area (Å²) in [5, 5.41) is 1.94. The van der Waals surface area contributed by atoms with Gasteiger partial charge in [0.1, 0.15) is 0 Å². The van der Waals surface area contributed by atoms with E-state index in [0.29, 0.717) is 4.90 Å². The Morgan fingerprint density at radius 3 is 2.40 bits per heavy atom. The maximum atomic E-state index is 11.6. The molecule has 1 heterocycles. The van der Waals surface area contributed by atoms with Crippen molar-refractivity contribution < 1.29 is 8.42 Å². The normalized spacial score (nSPS) is 11.5. The largest absolute Gasteiger partial charge is 0.224 e. The van der Waals surface area contributed by atoms with Gasteiger partial charge in [0.15, 0.2) is 9.84 Å². The second kappa shape index (κ2) is 3.79. The van der Waals surface area contributed by atoms with Crippen molar-refractivity contribution in [2.45, 2.75) is 4.90 Å². The molecule has 0 aliphatic rings. The van der Waals surface area contributed by atoms with Crippen LogP contribution in [0.2, 0.25) is 0 Å². The Bertz CT molecular complexity index is 554. The van der Waals surface area contributed by atoms with E-state index in [1.54, 1.807) is 23.5 Å². The average molecular weight is 238 g/mol. The van der Waals surface area contributed by atoms with Crippen LogP contribution in [0.1, 0.15) is 0 Å². The summed E-state index contributed by atoms with van der Waals surface area (Å²) in [5.74, 6) is 0. The minimum atomic E-state index is -3.15. The third-order valence-corrected chi connectivity index (χ3v) is 4.13. The smallest absolute Gasteiger partial charge is 0.176 e. The quantitative estimate of drug-likeness (QED) is 0.806. The molecule has 0 atom stereocenters. The van der Waals surface area contributed by atoms with Crippen LogP contribution in [-0.4, -0.2) is 14.7 Å². The molecule has 4 heteroatoms. The van der Waals surface area contributed by atoms with Gasteiger partial charge in [-0.3, -0.25) is 0 Å². The van der Waals surface area contributed by atoms with Crippen LogP contribution in [0.3, 0.4) is 0 Å². The van der Waals surface area contributed by atoms with Gasteiger partial charge >= 0.3 is 0 Å². The molecule has 2 aromatic rings. The van der Waals surface area contributed by atoms with Gasteiger partial charge in [0.25, 0.3) is 0 Å². The van der Waals surface area contributed by atoms with E-state index < -0.39 is 9.84 Å². The van der Waals surface area contributed by atoms with E-state index in [-0.39, 0.29) is 0 Å². The van der Waals surface area contributed by atoms with Crippen LogP contribution in [0.15, 0.2) is 46.7 Å². The molecular weight excluding hydrogens is 228 g/mol. The molecule has 0 fully saturated rings. The Morgan fingerprint density at radius 1 is 1.07 bits per heavy atom. The molecule has 1 aromatic heterocycles. The molecule has 0 radical (unpaired) electrons. The van der Waals surface area contributed by atoms with Crippen molar-refractivity contribution in [3.05, 3.63) is 41.8 Å². The molecule has 0 aliphatic heterocycles. The third kappa shape index (κ3) is 2.11. The van der Waals surface area contributed by atoms with E-state index in [2.05, 4.69) is 0 Å². The van der Waals surface area contributed by atoms with Gasteiger partial charge in [-0.15, -0.1) is 11.3 Å². The predicted molar refractivity (Wildman–Crippen MR) is 62.9 cm³/mol. The monoisotopic (exact) mass is 238 g/mol. The fourth-order valence-electron chi connectivity index (χ4n) is 1.43. The molecule has 0 saturated heterocycles. The van der Waals surface area contributed by atoms with E-state index in [9.17, 15) is 8.42 Å². The van der Waals surface area contributed by atoms with E-state index in [1.165, 1.54) is 6.26 Å². The highest BCUT2D eigenvalue weighted by molar-refractivity contribution is 7.90. The first-order valence-corrected chi connectivity index (χ1v) is 7.19. The van der Waals surface area contributed by atoms with Gasteiger partial charge in [0.2, 0.25) is 0 Å². The lowest BCUT2D eigenvalue weighted by atomic mass is 10.2. The molecule has 0 amide bonds. The number of hydrogen-bond donors (Lipinski definition) is 0. The molecule has 15 heavy (non-hydrogen) atoms. The van der Waals surface area contributed by atoms with Crippen molar-refractivity contribution >= 4 is 21.2 Å². The summed E-state index contributed by atoms with van der Waals surface area (Å²) < 4.78 is 23.1. The van der Waals surface area contributed by atoms with Crippen LogP contribution in [0, 0.1) is 0 Å². The Labute approximate surface area is 93.1 Å². The zero-order valence-electron chi connectivity index (χ0n) is 8.17. The lowest BCUT2D eigenvalue weighted by Gasteiger charge is -2.04. The van der Waals surface area contributed by atoms with Crippen LogP contribution in [0.25, 0.3) is 10.4 Å². The maximum Gasteiger partial charge on any atom is 0.176 e. The zero-order chi connectivity index (χ0) is 10.9. The van der Waals surface area contributed by atoms with Crippen LogP contribution >= 0.6 is 11.3 Å². The summed E-state index contributed by atoms with van der Waals surface area (Å²) in [6.45, 7) is 0. The van der Waals surface area contributed by atoms with Crippen molar-refractivity contribution in [3.63, 3.8) is 0 Å². The standard InChI is InChI=1S/C11H10O2S2/c1-15(12,13)11-7-3-2-5-9(11)10-6-4-8-14-10/h2-8H,1H3. The molecule has 0 unspecified atom stereocenters. The van der Waals surface area contributed by atoms with E-state index in [4.69, 9.17) is 0 Å². The Balaban J connectivity index is 2.68. The average Bonchev–Trinajstić information content (AvgIpc) is 2.69. The Kier molecular flexibility index (Phi) is 2.63. The van der Waals surface area contributed by atoms with E-state index >= 15 is 0 Å². The Morgan fingerprint density at radius 2 is 1.80 bits per heavy atom. The highest BCUT2D eigenvalue weighted by Crippen LogP contribution is 2.30. The molecular formula is C11H10O2S2. The van der Waals surface area contributed by atoms with Crippen molar-refractivity contribution in [3.8, 4) is 10.4 Å². The predicted octanol–water partition coefficient (Wildman–Crippen LogP) is 2.82. The van der Waals surface area contributed by atoms with Crippen LogP contribution in [0.5, 0.6) is 0 Å². The molecule has 2 rings (SSSR count). The minimum Gasteiger partial charge on any atom is -0.224 e. The lowest BCUT2D eigenvalue weighted by molar-refractivity contribution is 0.602.